The van der Waals surface area contributed by atoms with Gasteiger partial charge in [-0.3, -0.25) is 4.98 Å². The molecule has 2 N–H and O–H groups in total. The molecule has 0 radical (unpaired) electrons. The predicted octanol–water partition coefficient (Wildman–Crippen LogP) is 1.33. The van der Waals surface area contributed by atoms with Crippen molar-refractivity contribution in [3.05, 3.63) is 46.9 Å². The van der Waals surface area contributed by atoms with E-state index in [4.69, 9.17) is 0 Å². The molecule has 0 fully saturated rings. The highest BCUT2D eigenvalue weighted by atomic mass is 32.2. The minimum atomic E-state index is -3.65. The molecule has 19 heavy (non-hydrogen) atoms. The maximum absolute atomic E-state index is 12.0. The molecular weight excluding hydrogens is 284 g/mol. The van der Waals surface area contributed by atoms with Crippen molar-refractivity contribution in [2.45, 2.75) is 17.4 Å². The Morgan fingerprint density at radius 3 is 2.79 bits per heavy atom. The molecular formula is C12H14N2O3S2. The molecule has 5 nitrogen and oxygen atoms in total. The summed E-state index contributed by atoms with van der Waals surface area (Å²) >= 11 is 1.38. The smallest absolute Gasteiger partial charge is 0.242 e. The fourth-order valence-electron chi connectivity index (χ4n) is 1.50. The quantitative estimate of drug-likeness (QED) is 0.873. The Labute approximate surface area is 116 Å². The molecule has 0 bridgehead atoms. The van der Waals surface area contributed by atoms with E-state index in [1.165, 1.54) is 29.8 Å². The van der Waals surface area contributed by atoms with Gasteiger partial charge in [-0.1, -0.05) is 6.07 Å². The summed E-state index contributed by atoms with van der Waals surface area (Å²) in [6, 6.07) is 6.58. The summed E-state index contributed by atoms with van der Waals surface area (Å²) in [5, 5.41) is 12.1. The van der Waals surface area contributed by atoms with E-state index < -0.39 is 15.6 Å². The molecule has 0 saturated carbocycles. The summed E-state index contributed by atoms with van der Waals surface area (Å²) in [6.45, 7) is 1.48. The van der Waals surface area contributed by atoms with Crippen LogP contribution in [0.1, 0.15) is 11.8 Å². The highest BCUT2D eigenvalue weighted by Gasteiger charge is 2.27. The zero-order valence-electron chi connectivity index (χ0n) is 10.3. The van der Waals surface area contributed by atoms with Gasteiger partial charge in [0.2, 0.25) is 10.0 Å². The zero-order chi connectivity index (χ0) is 13.9. The van der Waals surface area contributed by atoms with Crippen LogP contribution >= 0.6 is 11.3 Å². The lowest BCUT2D eigenvalue weighted by Gasteiger charge is -2.22. The van der Waals surface area contributed by atoms with Crippen LogP contribution in [0.25, 0.3) is 0 Å². The van der Waals surface area contributed by atoms with Crippen LogP contribution in [0.15, 0.2) is 46.9 Å². The average Bonchev–Trinajstić information content (AvgIpc) is 2.93. The van der Waals surface area contributed by atoms with Crippen LogP contribution in [0.3, 0.4) is 0 Å². The van der Waals surface area contributed by atoms with Gasteiger partial charge in [0.25, 0.3) is 0 Å². The normalized spacial score (nSPS) is 15.1. The zero-order valence-corrected chi connectivity index (χ0v) is 11.9. The molecule has 0 aliphatic rings. The minimum absolute atomic E-state index is 0.0805. The first-order valence-corrected chi connectivity index (χ1v) is 7.94. The molecule has 2 aromatic rings. The fraction of sp³-hybridized carbons (Fsp3) is 0.250. The number of rotatable bonds is 5. The van der Waals surface area contributed by atoms with Gasteiger partial charge >= 0.3 is 0 Å². The summed E-state index contributed by atoms with van der Waals surface area (Å²) < 4.78 is 26.4. The van der Waals surface area contributed by atoms with Crippen LogP contribution in [0.4, 0.5) is 0 Å². The van der Waals surface area contributed by atoms with E-state index in [1.807, 2.05) is 11.4 Å². The second-order valence-corrected chi connectivity index (χ2v) is 6.98. The molecule has 0 aliphatic heterocycles. The van der Waals surface area contributed by atoms with Crippen LogP contribution in [0.5, 0.6) is 0 Å². The van der Waals surface area contributed by atoms with E-state index in [2.05, 4.69) is 9.71 Å². The van der Waals surface area contributed by atoms with Crippen molar-refractivity contribution in [2.75, 3.05) is 6.54 Å². The number of thiophene rings is 1. The van der Waals surface area contributed by atoms with Crippen molar-refractivity contribution in [1.29, 1.82) is 0 Å². The number of sulfonamides is 1. The Morgan fingerprint density at radius 1 is 1.42 bits per heavy atom. The molecule has 0 saturated heterocycles. The Kier molecular flexibility index (Phi) is 4.00. The molecule has 0 aliphatic carbocycles. The minimum Gasteiger partial charge on any atom is -0.383 e. The van der Waals surface area contributed by atoms with Gasteiger partial charge in [0.05, 0.1) is 0 Å². The van der Waals surface area contributed by atoms with Gasteiger partial charge in [0.1, 0.15) is 10.5 Å². The molecule has 2 rings (SSSR count). The number of nitrogens with one attached hydrogen (secondary N) is 1. The summed E-state index contributed by atoms with van der Waals surface area (Å²) in [7, 11) is -3.65. The van der Waals surface area contributed by atoms with Crippen molar-refractivity contribution >= 4 is 21.4 Å². The van der Waals surface area contributed by atoms with E-state index >= 15 is 0 Å². The topological polar surface area (TPSA) is 79.3 Å². The lowest BCUT2D eigenvalue weighted by molar-refractivity contribution is 0.0666. The highest BCUT2D eigenvalue weighted by molar-refractivity contribution is 7.89. The molecule has 7 heteroatoms. The van der Waals surface area contributed by atoms with E-state index in [0.717, 1.165) is 0 Å². The third-order valence-corrected chi connectivity index (χ3v) is 5.11. The van der Waals surface area contributed by atoms with Crippen LogP contribution in [-0.2, 0) is 15.6 Å². The molecule has 0 amide bonds. The average molecular weight is 298 g/mol. The molecule has 2 heterocycles. The predicted molar refractivity (Wildman–Crippen MR) is 73.3 cm³/mol. The maximum Gasteiger partial charge on any atom is 0.242 e. The van der Waals surface area contributed by atoms with Gasteiger partial charge < -0.3 is 5.11 Å². The summed E-state index contributed by atoms with van der Waals surface area (Å²) in [5.74, 6) is 0. The van der Waals surface area contributed by atoms with Gasteiger partial charge in [0.15, 0.2) is 0 Å². The Bertz CT molecular complexity index is 622. The Balaban J connectivity index is 2.11. The van der Waals surface area contributed by atoms with Gasteiger partial charge in [-0.05, 0) is 30.5 Å². The molecule has 0 aromatic carbocycles. The van der Waals surface area contributed by atoms with Crippen molar-refractivity contribution in [3.63, 3.8) is 0 Å². The molecule has 1 atom stereocenters. The number of pyridine rings is 1. The highest BCUT2D eigenvalue weighted by Crippen LogP contribution is 2.24. The SMILES string of the molecule is C[C@@](O)(CNS(=O)(=O)c1cccnc1)c1cccs1. The molecule has 0 spiro atoms. The van der Waals surface area contributed by atoms with Gasteiger partial charge in [-0.25, -0.2) is 13.1 Å². The fourth-order valence-corrected chi connectivity index (χ4v) is 3.38. The van der Waals surface area contributed by atoms with Crippen LogP contribution in [0.2, 0.25) is 0 Å². The van der Waals surface area contributed by atoms with Crippen LogP contribution < -0.4 is 4.72 Å². The number of aromatic nitrogens is 1. The standard InChI is InChI=1S/C12H14N2O3S2/c1-12(15,11-5-3-7-18-11)9-14-19(16,17)10-4-2-6-13-8-10/h2-8,14-15H,9H2,1H3/t12-/m1/s1. The van der Waals surface area contributed by atoms with Crippen LogP contribution in [0, 0.1) is 0 Å². The Hall–Kier alpha value is -1.28. The lowest BCUT2D eigenvalue weighted by atomic mass is 10.1. The maximum atomic E-state index is 12.0. The largest absolute Gasteiger partial charge is 0.383 e. The van der Waals surface area contributed by atoms with E-state index in [0.29, 0.717) is 4.88 Å². The third kappa shape index (κ3) is 3.38. The Morgan fingerprint density at radius 2 is 2.21 bits per heavy atom. The van der Waals surface area contributed by atoms with Crippen molar-refractivity contribution in [1.82, 2.24) is 9.71 Å². The molecule has 102 valence electrons. The lowest BCUT2D eigenvalue weighted by Crippen LogP contribution is -2.38. The number of nitrogens with zero attached hydrogens (tertiary/aromatic N) is 1. The van der Waals surface area contributed by atoms with Crippen LogP contribution in [-0.4, -0.2) is 25.1 Å². The number of aliphatic hydroxyl groups is 1. The van der Waals surface area contributed by atoms with Crippen molar-refractivity contribution in [2.24, 2.45) is 0 Å². The summed E-state index contributed by atoms with van der Waals surface area (Å²) in [5.41, 5.74) is -1.23. The first kappa shape index (κ1) is 14.1. The van der Waals surface area contributed by atoms with Gasteiger partial charge in [0, 0.05) is 23.8 Å². The van der Waals surface area contributed by atoms with Crippen molar-refractivity contribution < 1.29 is 13.5 Å². The molecule has 0 unspecified atom stereocenters. The number of hydrogen-bond donors (Lipinski definition) is 2. The number of hydrogen-bond acceptors (Lipinski definition) is 5. The first-order valence-electron chi connectivity index (χ1n) is 5.58. The van der Waals surface area contributed by atoms with Crippen molar-refractivity contribution in [3.8, 4) is 0 Å². The van der Waals surface area contributed by atoms with E-state index in [1.54, 1.807) is 19.1 Å². The second kappa shape index (κ2) is 5.38. The van der Waals surface area contributed by atoms with Gasteiger partial charge in [-0.2, -0.15) is 0 Å². The monoisotopic (exact) mass is 298 g/mol. The summed E-state index contributed by atoms with van der Waals surface area (Å²) in [4.78, 5) is 4.56. The van der Waals surface area contributed by atoms with E-state index in [9.17, 15) is 13.5 Å². The summed E-state index contributed by atoms with van der Waals surface area (Å²) in [6.07, 6.45) is 2.77. The van der Waals surface area contributed by atoms with Gasteiger partial charge in [-0.15, -0.1) is 11.3 Å². The second-order valence-electron chi connectivity index (χ2n) is 4.26. The third-order valence-electron chi connectivity index (χ3n) is 2.60. The molecule has 2 aromatic heterocycles. The first-order chi connectivity index (χ1) is 8.92. The van der Waals surface area contributed by atoms with E-state index in [-0.39, 0.29) is 11.4 Å².